The highest BCUT2D eigenvalue weighted by Crippen LogP contribution is 2.23. The van der Waals surface area contributed by atoms with Gasteiger partial charge in [-0.3, -0.25) is 10.9 Å². The smallest absolute Gasteiger partial charge is 0.184 e. The van der Waals surface area contributed by atoms with Gasteiger partial charge in [0.2, 0.25) is 0 Å². The molecule has 0 unspecified atom stereocenters. The van der Waals surface area contributed by atoms with Crippen LogP contribution in [0.25, 0.3) is 0 Å². The van der Waals surface area contributed by atoms with Gasteiger partial charge in [-0.1, -0.05) is 52.4 Å². The lowest BCUT2D eigenvalue weighted by molar-refractivity contribution is 0.667. The van der Waals surface area contributed by atoms with Crippen LogP contribution in [0.4, 0.5) is 0 Å². The average Bonchev–Trinajstić information content (AvgIpc) is 3.38. The van der Waals surface area contributed by atoms with Crippen LogP contribution in [-0.4, -0.2) is 11.7 Å². The fourth-order valence-electron chi connectivity index (χ4n) is 3.44. The third-order valence-corrected chi connectivity index (χ3v) is 7.00. The third kappa shape index (κ3) is 5.67. The Hall–Kier alpha value is -1.66. The topological polar surface area (TPSA) is 48.8 Å². The molecular weight excluding hydrogens is 384 g/mol. The average molecular weight is 417 g/mol. The highest BCUT2D eigenvalue weighted by molar-refractivity contribution is 7.12. The van der Waals surface area contributed by atoms with E-state index in [1.54, 1.807) is 22.7 Å². The molecule has 2 aromatic rings. The summed E-state index contributed by atoms with van der Waals surface area (Å²) in [4.78, 5) is 2.41. The summed E-state index contributed by atoms with van der Waals surface area (Å²) in [5.74, 6) is 1.68. The van der Waals surface area contributed by atoms with Crippen LogP contribution in [-0.2, 0) is 12.8 Å². The lowest BCUT2D eigenvalue weighted by Crippen LogP contribution is -2.34. The summed E-state index contributed by atoms with van der Waals surface area (Å²) in [6, 6.07) is 4.45. The largest absolute Gasteiger partial charge is 0.257 e. The number of hydrogen-bond acceptors (Lipinski definition) is 6. The second kappa shape index (κ2) is 11.4. The molecule has 0 saturated carbocycles. The molecular formula is C22H32N4S2. The van der Waals surface area contributed by atoms with Gasteiger partial charge in [-0.15, -0.1) is 22.7 Å². The maximum absolute atomic E-state index is 4.61. The van der Waals surface area contributed by atoms with Crippen molar-refractivity contribution in [1.82, 2.24) is 10.9 Å². The Labute approximate surface area is 177 Å². The van der Waals surface area contributed by atoms with Crippen LogP contribution in [0, 0.1) is 0 Å². The van der Waals surface area contributed by atoms with Gasteiger partial charge in [-0.05, 0) is 59.7 Å². The summed E-state index contributed by atoms with van der Waals surface area (Å²) >= 11 is 3.47. The lowest BCUT2D eigenvalue weighted by atomic mass is 10.1. The second-order valence-corrected chi connectivity index (χ2v) is 9.15. The number of amidine groups is 2. The Morgan fingerprint density at radius 2 is 1.14 bits per heavy atom. The molecule has 2 aromatic heterocycles. The molecule has 152 valence electrons. The minimum Gasteiger partial charge on any atom is -0.257 e. The van der Waals surface area contributed by atoms with Gasteiger partial charge < -0.3 is 0 Å². The standard InChI is InChI=1S/C22H32N4S2/c1-3-5-7-9-11-17-13-15-27-19(17)21-23-25-22(26-24-21)20-18(14-16-28-20)12-10-8-6-4-2/h13-16H,3-12H2,1-2H3,(H,23,24)(H,25,26). The SMILES string of the molecule is CCCCCCc1ccsc1C1=NNC(c2sccc2CCCCCC)=NN1. The molecule has 28 heavy (non-hydrogen) atoms. The van der Waals surface area contributed by atoms with Crippen LogP contribution < -0.4 is 10.9 Å². The van der Waals surface area contributed by atoms with E-state index in [-0.39, 0.29) is 0 Å². The van der Waals surface area contributed by atoms with E-state index in [1.807, 2.05) is 0 Å². The van der Waals surface area contributed by atoms with E-state index in [1.165, 1.54) is 72.2 Å². The molecule has 3 rings (SSSR count). The molecule has 0 fully saturated rings. The van der Waals surface area contributed by atoms with Crippen LogP contribution in [0.2, 0.25) is 0 Å². The fourth-order valence-corrected chi connectivity index (χ4v) is 5.22. The van der Waals surface area contributed by atoms with Gasteiger partial charge in [0.25, 0.3) is 0 Å². The molecule has 0 radical (unpaired) electrons. The molecule has 1 aliphatic heterocycles. The first-order valence-corrected chi connectivity index (χ1v) is 12.4. The van der Waals surface area contributed by atoms with Crippen LogP contribution >= 0.6 is 22.7 Å². The first kappa shape index (κ1) is 21.1. The molecule has 3 heterocycles. The van der Waals surface area contributed by atoms with Crippen molar-refractivity contribution in [3.05, 3.63) is 43.8 Å². The Balaban J connectivity index is 1.58. The van der Waals surface area contributed by atoms with Gasteiger partial charge in [-0.2, -0.15) is 10.2 Å². The highest BCUT2D eigenvalue weighted by atomic mass is 32.1. The third-order valence-electron chi connectivity index (χ3n) is 5.07. The van der Waals surface area contributed by atoms with Gasteiger partial charge in [-0.25, -0.2) is 0 Å². The number of nitrogens with zero attached hydrogens (tertiary/aromatic N) is 2. The first-order chi connectivity index (χ1) is 13.8. The van der Waals surface area contributed by atoms with E-state index in [9.17, 15) is 0 Å². The Bertz CT molecular complexity index is 722. The van der Waals surface area contributed by atoms with Crippen molar-refractivity contribution in [2.75, 3.05) is 0 Å². The number of aryl methyl sites for hydroxylation is 2. The Kier molecular flexibility index (Phi) is 8.55. The van der Waals surface area contributed by atoms with Crippen LogP contribution in [0.3, 0.4) is 0 Å². The van der Waals surface area contributed by atoms with Crippen molar-refractivity contribution >= 4 is 34.3 Å². The van der Waals surface area contributed by atoms with E-state index in [0.717, 1.165) is 24.5 Å². The van der Waals surface area contributed by atoms with Gasteiger partial charge in [0.15, 0.2) is 11.7 Å². The zero-order valence-corrected chi connectivity index (χ0v) is 18.7. The molecule has 2 N–H and O–H groups in total. The number of thiophene rings is 2. The van der Waals surface area contributed by atoms with Gasteiger partial charge in [0.05, 0.1) is 9.75 Å². The zero-order chi connectivity index (χ0) is 19.6. The molecule has 4 nitrogen and oxygen atoms in total. The zero-order valence-electron chi connectivity index (χ0n) is 17.1. The number of hydrogen-bond donors (Lipinski definition) is 2. The van der Waals surface area contributed by atoms with Crippen LogP contribution in [0.1, 0.15) is 86.1 Å². The van der Waals surface area contributed by atoms with Gasteiger partial charge in [0.1, 0.15) is 0 Å². The van der Waals surface area contributed by atoms with Crippen LogP contribution in [0.5, 0.6) is 0 Å². The van der Waals surface area contributed by atoms with Gasteiger partial charge >= 0.3 is 0 Å². The molecule has 6 heteroatoms. The molecule has 0 aliphatic carbocycles. The van der Waals surface area contributed by atoms with E-state index < -0.39 is 0 Å². The fraction of sp³-hybridized carbons (Fsp3) is 0.545. The van der Waals surface area contributed by atoms with Crippen molar-refractivity contribution in [1.29, 1.82) is 0 Å². The summed E-state index contributed by atoms with van der Waals surface area (Å²) in [5.41, 5.74) is 9.15. The minimum absolute atomic E-state index is 0.838. The molecule has 0 atom stereocenters. The second-order valence-electron chi connectivity index (χ2n) is 7.32. The number of rotatable bonds is 12. The maximum Gasteiger partial charge on any atom is 0.184 e. The molecule has 0 aromatic carbocycles. The molecule has 0 spiro atoms. The summed E-state index contributed by atoms with van der Waals surface area (Å²) in [6.45, 7) is 4.50. The summed E-state index contributed by atoms with van der Waals surface area (Å²) in [5, 5.41) is 13.5. The number of unbranched alkanes of at least 4 members (excludes halogenated alkanes) is 6. The minimum atomic E-state index is 0.838. The van der Waals surface area contributed by atoms with Crippen molar-refractivity contribution in [3.63, 3.8) is 0 Å². The number of nitrogens with one attached hydrogen (secondary N) is 2. The normalized spacial score (nSPS) is 13.6. The molecule has 0 bridgehead atoms. The van der Waals surface area contributed by atoms with Gasteiger partial charge in [0, 0.05) is 0 Å². The summed E-state index contributed by atoms with van der Waals surface area (Å²) < 4.78 is 0. The van der Waals surface area contributed by atoms with Crippen molar-refractivity contribution in [2.45, 2.75) is 78.1 Å². The molecule has 0 amide bonds. The van der Waals surface area contributed by atoms with Crippen molar-refractivity contribution < 1.29 is 0 Å². The molecule has 0 saturated heterocycles. The molecule has 1 aliphatic rings. The predicted octanol–water partition coefficient (Wildman–Crippen LogP) is 6.27. The van der Waals surface area contributed by atoms with E-state index in [0.29, 0.717) is 0 Å². The summed E-state index contributed by atoms with van der Waals surface area (Å²) in [6.07, 6.45) is 12.5. The Morgan fingerprint density at radius 3 is 1.54 bits per heavy atom. The monoisotopic (exact) mass is 416 g/mol. The maximum atomic E-state index is 4.61. The van der Waals surface area contributed by atoms with Crippen LogP contribution in [0.15, 0.2) is 33.1 Å². The van der Waals surface area contributed by atoms with Crippen molar-refractivity contribution in [3.8, 4) is 0 Å². The highest BCUT2D eigenvalue weighted by Gasteiger charge is 2.18. The summed E-state index contributed by atoms with van der Waals surface area (Å²) in [7, 11) is 0. The first-order valence-electron chi connectivity index (χ1n) is 10.6. The quantitative estimate of drug-likeness (QED) is 0.401. The van der Waals surface area contributed by atoms with E-state index >= 15 is 0 Å². The van der Waals surface area contributed by atoms with E-state index in [4.69, 9.17) is 0 Å². The predicted molar refractivity (Wildman–Crippen MR) is 124 cm³/mol. The van der Waals surface area contributed by atoms with Crippen molar-refractivity contribution in [2.24, 2.45) is 10.2 Å². The van der Waals surface area contributed by atoms with E-state index in [2.05, 4.69) is 57.8 Å². The lowest BCUT2D eigenvalue weighted by Gasteiger charge is -2.15. The number of hydrazone groups is 2. The Morgan fingerprint density at radius 1 is 0.679 bits per heavy atom.